The van der Waals surface area contributed by atoms with Gasteiger partial charge in [0, 0.05) is 0 Å². The zero-order chi connectivity index (χ0) is 13.4. The molecule has 2 aliphatic rings. The van der Waals surface area contributed by atoms with Gasteiger partial charge in [0.15, 0.2) is 19.7 Å². The van der Waals surface area contributed by atoms with Crippen molar-refractivity contribution in [1.29, 1.82) is 0 Å². The first-order valence-corrected chi connectivity index (χ1v) is 9.18. The van der Waals surface area contributed by atoms with Gasteiger partial charge in [-0.3, -0.25) is 0 Å². The van der Waals surface area contributed by atoms with Gasteiger partial charge in [0.05, 0.1) is 23.0 Å². The maximum atomic E-state index is 11.3. The van der Waals surface area contributed by atoms with E-state index < -0.39 is 38.0 Å². The Labute approximate surface area is 105 Å². The Morgan fingerprint density at radius 2 is 1.22 bits per heavy atom. The molecule has 2 saturated heterocycles. The van der Waals surface area contributed by atoms with Crippen molar-refractivity contribution >= 4 is 25.8 Å². The Morgan fingerprint density at radius 1 is 0.833 bits per heavy atom. The van der Waals surface area contributed by atoms with Crippen LogP contribution in [0.2, 0.25) is 0 Å². The van der Waals surface area contributed by atoms with Crippen LogP contribution in [0.15, 0.2) is 0 Å². The summed E-state index contributed by atoms with van der Waals surface area (Å²) in [4.78, 5) is 11.3. The van der Waals surface area contributed by atoms with Gasteiger partial charge in [-0.2, -0.15) is 0 Å². The smallest absolute Gasteiger partial charge is 0.430 e. The minimum absolute atomic E-state index is 0.00273. The van der Waals surface area contributed by atoms with E-state index in [2.05, 4.69) is 0 Å². The van der Waals surface area contributed by atoms with Crippen LogP contribution in [0.1, 0.15) is 12.8 Å². The average molecular weight is 298 g/mol. The van der Waals surface area contributed by atoms with E-state index in [9.17, 15) is 21.6 Å². The molecule has 104 valence electrons. The van der Waals surface area contributed by atoms with Crippen molar-refractivity contribution in [3.05, 3.63) is 0 Å². The fraction of sp³-hybridized carbons (Fsp3) is 0.889. The monoisotopic (exact) mass is 298 g/mol. The summed E-state index contributed by atoms with van der Waals surface area (Å²) in [6.45, 7) is 0. The summed E-state index contributed by atoms with van der Waals surface area (Å²) >= 11 is 0. The molecule has 0 spiro atoms. The van der Waals surface area contributed by atoms with E-state index in [0.717, 1.165) is 0 Å². The van der Waals surface area contributed by atoms with Crippen LogP contribution in [-0.4, -0.2) is 58.2 Å². The van der Waals surface area contributed by atoms with E-state index in [1.165, 1.54) is 0 Å². The van der Waals surface area contributed by atoms with Gasteiger partial charge in [-0.1, -0.05) is 0 Å². The fourth-order valence-electron chi connectivity index (χ4n) is 2.01. The van der Waals surface area contributed by atoms with E-state index in [1.807, 2.05) is 0 Å². The first-order chi connectivity index (χ1) is 8.26. The Kier molecular flexibility index (Phi) is 3.54. The van der Waals surface area contributed by atoms with Crippen LogP contribution in [0, 0.1) is 0 Å². The standard InChI is InChI=1S/C9H14O7S2/c10-9(15-7-1-3-17(11,12)5-7)16-8-2-4-18(13,14)6-8/h7-8H,1-6H2. The molecule has 0 aliphatic carbocycles. The number of ether oxygens (including phenoxy) is 2. The third-order valence-corrected chi connectivity index (χ3v) is 6.38. The van der Waals surface area contributed by atoms with Crippen molar-refractivity contribution in [1.82, 2.24) is 0 Å². The van der Waals surface area contributed by atoms with E-state index in [1.54, 1.807) is 0 Å². The van der Waals surface area contributed by atoms with Crippen LogP contribution in [0.25, 0.3) is 0 Å². The number of carbonyl (C=O) groups is 1. The highest BCUT2D eigenvalue weighted by molar-refractivity contribution is 7.91. The lowest BCUT2D eigenvalue weighted by atomic mass is 10.3. The van der Waals surface area contributed by atoms with Crippen LogP contribution in [0.4, 0.5) is 4.79 Å². The molecule has 0 radical (unpaired) electrons. The highest BCUT2D eigenvalue weighted by Gasteiger charge is 2.34. The van der Waals surface area contributed by atoms with Crippen molar-refractivity contribution in [2.75, 3.05) is 23.0 Å². The predicted molar refractivity (Wildman–Crippen MR) is 61.7 cm³/mol. The number of rotatable bonds is 2. The quantitative estimate of drug-likeness (QED) is 0.634. The molecule has 0 saturated carbocycles. The molecule has 0 bridgehead atoms. The van der Waals surface area contributed by atoms with Crippen molar-refractivity contribution in [2.24, 2.45) is 0 Å². The second-order valence-electron chi connectivity index (χ2n) is 4.54. The maximum Gasteiger partial charge on any atom is 0.508 e. The van der Waals surface area contributed by atoms with Crippen molar-refractivity contribution in [3.63, 3.8) is 0 Å². The Hall–Kier alpha value is -0.830. The van der Waals surface area contributed by atoms with E-state index >= 15 is 0 Å². The number of sulfone groups is 2. The lowest BCUT2D eigenvalue weighted by Gasteiger charge is -2.13. The molecule has 2 heterocycles. The molecule has 0 N–H and O–H groups in total. The molecule has 9 heteroatoms. The molecule has 7 nitrogen and oxygen atoms in total. The van der Waals surface area contributed by atoms with Crippen LogP contribution in [-0.2, 0) is 29.1 Å². The largest absolute Gasteiger partial charge is 0.508 e. The summed E-state index contributed by atoms with van der Waals surface area (Å²) in [5.74, 6) is -0.373. The zero-order valence-corrected chi connectivity index (χ0v) is 11.2. The number of hydrogen-bond donors (Lipinski definition) is 0. The van der Waals surface area contributed by atoms with Crippen LogP contribution in [0.5, 0.6) is 0 Å². The molecule has 18 heavy (non-hydrogen) atoms. The lowest BCUT2D eigenvalue weighted by molar-refractivity contribution is 0.0113. The first-order valence-electron chi connectivity index (χ1n) is 5.54. The number of hydrogen-bond acceptors (Lipinski definition) is 7. The lowest BCUT2D eigenvalue weighted by Crippen LogP contribution is -2.25. The second-order valence-corrected chi connectivity index (χ2v) is 8.99. The third-order valence-electron chi connectivity index (χ3n) is 2.91. The summed E-state index contributed by atoms with van der Waals surface area (Å²) in [6, 6.07) is 0. The minimum Gasteiger partial charge on any atom is -0.430 e. The van der Waals surface area contributed by atoms with Gasteiger partial charge < -0.3 is 9.47 Å². The molecule has 2 fully saturated rings. The molecular weight excluding hydrogens is 284 g/mol. The molecule has 2 unspecified atom stereocenters. The van der Waals surface area contributed by atoms with Gasteiger partial charge in [-0.15, -0.1) is 0 Å². The van der Waals surface area contributed by atoms with Crippen molar-refractivity contribution in [2.45, 2.75) is 25.0 Å². The molecule has 0 aromatic rings. The SMILES string of the molecule is O=C(OC1CCS(=O)(=O)C1)OC1CCS(=O)(=O)C1. The summed E-state index contributed by atoms with van der Waals surface area (Å²) in [5, 5.41) is 0. The fourth-order valence-corrected chi connectivity index (χ4v) is 5.19. The average Bonchev–Trinajstić information content (AvgIpc) is 2.69. The Bertz CT molecular complexity index is 485. The summed E-state index contributed by atoms with van der Waals surface area (Å²) < 4.78 is 54.2. The van der Waals surface area contributed by atoms with Gasteiger partial charge in [-0.05, 0) is 12.8 Å². The van der Waals surface area contributed by atoms with E-state index in [4.69, 9.17) is 9.47 Å². The predicted octanol–water partition coefficient (Wildman–Crippen LogP) is -0.486. The second kappa shape index (κ2) is 4.69. The number of carbonyl (C=O) groups excluding carboxylic acids is 1. The third kappa shape index (κ3) is 3.58. The van der Waals surface area contributed by atoms with Crippen molar-refractivity contribution in [3.8, 4) is 0 Å². The van der Waals surface area contributed by atoms with Crippen molar-refractivity contribution < 1.29 is 31.1 Å². The Morgan fingerprint density at radius 3 is 1.50 bits per heavy atom. The first kappa shape index (κ1) is 13.6. The topological polar surface area (TPSA) is 104 Å². The van der Waals surface area contributed by atoms with E-state index in [0.29, 0.717) is 0 Å². The molecular formula is C9H14O7S2. The summed E-state index contributed by atoms with van der Waals surface area (Å²) in [7, 11) is -6.23. The van der Waals surface area contributed by atoms with E-state index in [-0.39, 0.29) is 35.9 Å². The minimum atomic E-state index is -3.12. The highest BCUT2D eigenvalue weighted by Crippen LogP contribution is 2.18. The highest BCUT2D eigenvalue weighted by atomic mass is 32.2. The summed E-state index contributed by atoms with van der Waals surface area (Å²) in [6.07, 6.45) is -1.82. The van der Waals surface area contributed by atoms with Gasteiger partial charge in [-0.25, -0.2) is 21.6 Å². The van der Waals surface area contributed by atoms with Gasteiger partial charge in [0.1, 0.15) is 12.2 Å². The molecule has 0 aromatic carbocycles. The molecule has 2 rings (SSSR count). The summed E-state index contributed by atoms with van der Waals surface area (Å²) in [5.41, 5.74) is 0. The normalized spacial score (nSPS) is 33.1. The molecule has 0 amide bonds. The van der Waals surface area contributed by atoms with Gasteiger partial charge >= 0.3 is 6.16 Å². The van der Waals surface area contributed by atoms with Crippen LogP contribution >= 0.6 is 0 Å². The van der Waals surface area contributed by atoms with Crippen LogP contribution < -0.4 is 0 Å². The maximum absolute atomic E-state index is 11.3. The molecule has 0 aromatic heterocycles. The van der Waals surface area contributed by atoms with Gasteiger partial charge in [0.2, 0.25) is 0 Å². The zero-order valence-electron chi connectivity index (χ0n) is 9.57. The van der Waals surface area contributed by atoms with Gasteiger partial charge in [0.25, 0.3) is 0 Å². The molecule has 2 aliphatic heterocycles. The molecule has 2 atom stereocenters. The Balaban J connectivity index is 1.80. The van der Waals surface area contributed by atoms with Crippen LogP contribution in [0.3, 0.4) is 0 Å².